The number of aromatic hydroxyl groups is 1. The summed E-state index contributed by atoms with van der Waals surface area (Å²) in [6.45, 7) is 0. The van der Waals surface area contributed by atoms with E-state index in [0.717, 1.165) is 19.8 Å². The van der Waals surface area contributed by atoms with Crippen molar-refractivity contribution in [2.75, 3.05) is 0 Å². The van der Waals surface area contributed by atoms with Gasteiger partial charge in [0.15, 0.2) is 5.75 Å². The Morgan fingerprint density at radius 3 is 2.00 bits per heavy atom. The van der Waals surface area contributed by atoms with Crippen LogP contribution in [0.1, 0.15) is 6.99 Å². The maximum atomic E-state index is 11.1. The molecular formula is C15H12I4NNaO4. The largest absolute Gasteiger partial charge is 1.00 e. The van der Waals surface area contributed by atoms with Crippen LogP contribution < -0.4 is 40.0 Å². The van der Waals surface area contributed by atoms with E-state index >= 15 is 0 Å². The van der Waals surface area contributed by atoms with Crippen LogP contribution in [-0.4, -0.2) is 22.2 Å². The van der Waals surface area contributed by atoms with E-state index < -0.39 is 12.0 Å². The monoisotopic (exact) mass is 801 g/mol. The number of carbonyl (C=O) groups is 1. The number of halogens is 4. The molecule has 25 heavy (non-hydrogen) atoms. The van der Waals surface area contributed by atoms with E-state index in [2.05, 4.69) is 90.4 Å². The Kier molecular flexibility index (Phi) is 10.6. The first kappa shape index (κ1) is 24.4. The van der Waals surface area contributed by atoms with Crippen LogP contribution in [0.2, 0.25) is 0 Å². The third-order valence-electron chi connectivity index (χ3n) is 3.11. The molecule has 0 aliphatic rings. The third kappa shape index (κ3) is 6.19. The van der Waals surface area contributed by atoms with Crippen molar-refractivity contribution >= 4 is 96.3 Å². The molecule has 130 valence electrons. The van der Waals surface area contributed by atoms with Gasteiger partial charge >= 0.3 is 35.5 Å². The molecule has 0 spiro atoms. The first-order valence-corrected chi connectivity index (χ1v) is 10.8. The van der Waals surface area contributed by atoms with Gasteiger partial charge in [-0.15, -0.1) is 0 Å². The second-order valence-corrected chi connectivity index (χ2v) is 9.12. The van der Waals surface area contributed by atoms with Crippen LogP contribution in [0.5, 0.6) is 17.2 Å². The summed E-state index contributed by atoms with van der Waals surface area (Å²) in [7, 11) is 0. The van der Waals surface area contributed by atoms with E-state index in [1.54, 1.807) is 24.3 Å². The maximum absolute atomic E-state index is 11.1. The minimum atomic E-state index is -1.02. The van der Waals surface area contributed by atoms with E-state index in [9.17, 15) is 9.90 Å². The molecule has 1 atom stereocenters. The first-order valence-electron chi connectivity index (χ1n) is 6.52. The van der Waals surface area contributed by atoms with Gasteiger partial charge in [-0.2, -0.15) is 0 Å². The van der Waals surface area contributed by atoms with Crippen molar-refractivity contribution < 1.29 is 50.7 Å². The zero-order chi connectivity index (χ0) is 18.0. The molecule has 2 aromatic rings. The average molecular weight is 801 g/mol. The molecule has 2 aromatic carbocycles. The van der Waals surface area contributed by atoms with Crippen LogP contribution in [0.15, 0.2) is 24.3 Å². The Morgan fingerprint density at radius 2 is 1.56 bits per heavy atom. The van der Waals surface area contributed by atoms with Gasteiger partial charge in [-0.25, -0.2) is 0 Å². The van der Waals surface area contributed by atoms with Crippen molar-refractivity contribution in [2.45, 2.75) is 12.5 Å². The predicted molar refractivity (Wildman–Crippen MR) is 126 cm³/mol. The Hall–Kier alpha value is 1.39. The zero-order valence-corrected chi connectivity index (χ0v) is 23.5. The number of ether oxygens (including phenoxy) is 1. The minimum Gasteiger partial charge on any atom is -1.00 e. The molecule has 0 saturated carbocycles. The molecule has 0 heterocycles. The number of carboxylic acids is 1. The van der Waals surface area contributed by atoms with Crippen molar-refractivity contribution in [1.82, 2.24) is 0 Å². The minimum absolute atomic E-state index is 0. The molecular weight excluding hydrogens is 789 g/mol. The third-order valence-corrected chi connectivity index (χ3v) is 9.62. The van der Waals surface area contributed by atoms with Gasteiger partial charge in [0.2, 0.25) is 0 Å². The number of nitrogens with two attached hydrogens (primary N) is 1. The van der Waals surface area contributed by atoms with E-state index in [-0.39, 0.29) is 43.2 Å². The Balaban J connectivity index is 0.00000312. The van der Waals surface area contributed by atoms with Gasteiger partial charge in [0, 0.05) is 13.6 Å². The molecule has 0 fully saturated rings. The number of benzene rings is 2. The van der Waals surface area contributed by atoms with Crippen LogP contribution >= 0.6 is 90.4 Å². The number of hydrogen-bond donors (Lipinski definition) is 3. The fourth-order valence-corrected chi connectivity index (χ4v) is 5.78. The maximum Gasteiger partial charge on any atom is 1.00 e. The summed E-state index contributed by atoms with van der Waals surface area (Å²) in [4.78, 5) is 11.1. The van der Waals surface area contributed by atoms with Crippen LogP contribution in [0.25, 0.3) is 0 Å². The predicted octanol–water partition coefficient (Wildman–Crippen LogP) is 1.67. The molecule has 5 nitrogen and oxygen atoms in total. The summed E-state index contributed by atoms with van der Waals surface area (Å²) in [5.74, 6) is 0.485. The van der Waals surface area contributed by atoms with E-state index in [4.69, 9.17) is 15.6 Å². The quantitative estimate of drug-likeness (QED) is 0.244. The SMILES string of the molecule is NC(Cc1c(I)c(I)c(Oc2ccc(O)cc2)c(I)c1I)C(=O)O.[H-].[Na+]. The molecule has 0 aliphatic carbocycles. The van der Waals surface area contributed by atoms with Gasteiger partial charge in [-0.1, -0.05) is 0 Å². The van der Waals surface area contributed by atoms with Gasteiger partial charge in [-0.05, 0) is 120 Å². The molecule has 2 rings (SSSR count). The van der Waals surface area contributed by atoms with Crippen molar-refractivity contribution in [3.05, 3.63) is 44.1 Å². The molecule has 0 aromatic heterocycles. The van der Waals surface area contributed by atoms with Crippen LogP contribution in [0.4, 0.5) is 0 Å². The van der Waals surface area contributed by atoms with E-state index in [1.807, 2.05) is 0 Å². The number of aliphatic carboxylic acids is 1. The van der Waals surface area contributed by atoms with Gasteiger partial charge in [0.05, 0.1) is 7.14 Å². The summed E-state index contributed by atoms with van der Waals surface area (Å²) in [6, 6.07) is 5.56. The van der Waals surface area contributed by atoms with Crippen LogP contribution in [0, 0.1) is 14.3 Å². The van der Waals surface area contributed by atoms with Crippen molar-refractivity contribution in [2.24, 2.45) is 5.73 Å². The average Bonchev–Trinajstić information content (AvgIpc) is 2.55. The Morgan fingerprint density at radius 1 is 1.08 bits per heavy atom. The zero-order valence-electron chi connectivity index (χ0n) is 13.9. The molecule has 1 unspecified atom stereocenters. The molecule has 0 bridgehead atoms. The second kappa shape index (κ2) is 10.8. The standard InChI is InChI=1S/C15H11I4NO4.Na.H/c16-10-8(5-9(20)15(22)23)11(17)13(19)14(12(10)18)24-7-3-1-6(21)2-4-7;;/h1-4,9,21H,5,20H2,(H,22,23);;/q;+1;-1. The normalized spacial score (nSPS) is 11.6. The smallest absolute Gasteiger partial charge is 1.00 e. The van der Waals surface area contributed by atoms with Crippen molar-refractivity contribution in [1.29, 1.82) is 0 Å². The summed E-state index contributed by atoms with van der Waals surface area (Å²) in [5, 5.41) is 18.4. The Bertz CT molecular complexity index is 763. The molecule has 4 N–H and O–H groups in total. The summed E-state index contributed by atoms with van der Waals surface area (Å²) in [6.07, 6.45) is 0.261. The van der Waals surface area contributed by atoms with Gasteiger partial charge in [0.1, 0.15) is 17.5 Å². The molecule has 0 radical (unpaired) electrons. The van der Waals surface area contributed by atoms with Crippen LogP contribution in [0.3, 0.4) is 0 Å². The van der Waals surface area contributed by atoms with Gasteiger partial charge in [-0.3, -0.25) is 4.79 Å². The number of phenols is 1. The number of phenolic OH excluding ortho intramolecular Hbond substituents is 1. The summed E-state index contributed by atoms with van der Waals surface area (Å²) in [5.41, 5.74) is 6.61. The van der Waals surface area contributed by atoms with Gasteiger partial charge < -0.3 is 22.1 Å². The summed E-state index contributed by atoms with van der Waals surface area (Å²) < 4.78 is 9.65. The molecule has 0 aliphatic heterocycles. The molecule has 0 saturated heterocycles. The second-order valence-electron chi connectivity index (χ2n) is 4.81. The van der Waals surface area contributed by atoms with Crippen molar-refractivity contribution in [3.8, 4) is 17.2 Å². The first-order chi connectivity index (χ1) is 11.2. The van der Waals surface area contributed by atoms with E-state index in [0.29, 0.717) is 11.5 Å². The fraction of sp³-hybridized carbons (Fsp3) is 0.133. The number of rotatable bonds is 5. The van der Waals surface area contributed by atoms with E-state index in [1.165, 1.54) is 0 Å². The molecule has 10 heteroatoms. The van der Waals surface area contributed by atoms with Crippen LogP contribution in [-0.2, 0) is 11.2 Å². The Labute approximate surface area is 223 Å². The fourth-order valence-electron chi connectivity index (χ4n) is 1.87. The number of carboxylic acid groups (broad SMARTS) is 1. The summed E-state index contributed by atoms with van der Waals surface area (Å²) >= 11 is 8.77. The number of hydrogen-bond acceptors (Lipinski definition) is 4. The molecule has 0 amide bonds. The van der Waals surface area contributed by atoms with Crippen molar-refractivity contribution in [3.63, 3.8) is 0 Å². The van der Waals surface area contributed by atoms with Gasteiger partial charge in [0.25, 0.3) is 0 Å². The topological polar surface area (TPSA) is 92.8 Å².